The van der Waals surface area contributed by atoms with Crippen molar-refractivity contribution in [2.45, 2.75) is 6.92 Å². The van der Waals surface area contributed by atoms with Crippen LogP contribution in [0.3, 0.4) is 0 Å². The molecule has 1 aromatic heterocycles. The van der Waals surface area contributed by atoms with Crippen molar-refractivity contribution >= 4 is 16.7 Å². The highest BCUT2D eigenvalue weighted by Gasteiger charge is 2.01. The van der Waals surface area contributed by atoms with Crippen molar-refractivity contribution < 1.29 is 4.42 Å². The maximum absolute atomic E-state index is 11.0. The lowest BCUT2D eigenvalue weighted by atomic mass is 10.2. The molecule has 0 aliphatic rings. The van der Waals surface area contributed by atoms with E-state index in [1.165, 1.54) is 6.07 Å². The lowest BCUT2D eigenvalue weighted by Gasteiger charge is -1.97. The van der Waals surface area contributed by atoms with Gasteiger partial charge in [0.2, 0.25) is 0 Å². The number of aryl methyl sites for hydroxylation is 1. The van der Waals surface area contributed by atoms with Gasteiger partial charge in [-0.3, -0.25) is 5.73 Å². The molecule has 1 aromatic carbocycles. The zero-order chi connectivity index (χ0) is 9.42. The molecule has 0 amide bonds. The quantitative estimate of drug-likeness (QED) is 0.573. The van der Waals surface area contributed by atoms with Crippen LogP contribution in [-0.4, -0.2) is 0 Å². The minimum absolute atomic E-state index is 0.101. The molecule has 0 aliphatic carbocycles. The Balaban J connectivity index is 2.89. The fourth-order valence-electron chi connectivity index (χ4n) is 1.22. The first-order valence-corrected chi connectivity index (χ1v) is 3.93. The highest BCUT2D eigenvalue weighted by molar-refractivity contribution is 5.79. The van der Waals surface area contributed by atoms with Crippen molar-refractivity contribution in [3.8, 4) is 0 Å². The van der Waals surface area contributed by atoms with Gasteiger partial charge in [-0.1, -0.05) is 12.1 Å². The van der Waals surface area contributed by atoms with E-state index in [9.17, 15) is 4.79 Å². The monoisotopic (exact) mass is 174 g/mol. The molecule has 1 radical (unpaired) electrons. The van der Waals surface area contributed by atoms with Crippen molar-refractivity contribution in [1.29, 1.82) is 0 Å². The van der Waals surface area contributed by atoms with Gasteiger partial charge < -0.3 is 4.42 Å². The van der Waals surface area contributed by atoms with Gasteiger partial charge in [0, 0.05) is 5.39 Å². The first-order valence-electron chi connectivity index (χ1n) is 3.93. The van der Waals surface area contributed by atoms with Crippen molar-refractivity contribution in [2.24, 2.45) is 0 Å². The van der Waals surface area contributed by atoms with E-state index in [2.05, 4.69) is 0 Å². The van der Waals surface area contributed by atoms with E-state index in [-0.39, 0.29) is 5.69 Å². The second-order valence-corrected chi connectivity index (χ2v) is 2.99. The Morgan fingerprint density at radius 1 is 1.31 bits per heavy atom. The zero-order valence-corrected chi connectivity index (χ0v) is 7.13. The minimum atomic E-state index is -0.585. The summed E-state index contributed by atoms with van der Waals surface area (Å²) in [5.41, 5.74) is 8.14. The van der Waals surface area contributed by atoms with Gasteiger partial charge in [0.05, 0.1) is 0 Å². The van der Waals surface area contributed by atoms with Crippen LogP contribution in [0, 0.1) is 6.92 Å². The Kier molecular flexibility index (Phi) is 1.59. The molecular formula is C10H8NO2. The third-order valence-corrected chi connectivity index (χ3v) is 1.89. The summed E-state index contributed by atoms with van der Waals surface area (Å²) in [5.74, 6) is 0. The SMILES string of the molecule is Cc1ccc2cc([NH])c(=O)oc2c1. The topological polar surface area (TPSA) is 54.0 Å². The third kappa shape index (κ3) is 1.28. The Morgan fingerprint density at radius 2 is 2.08 bits per heavy atom. The third-order valence-electron chi connectivity index (χ3n) is 1.89. The second kappa shape index (κ2) is 2.62. The molecule has 65 valence electrons. The lowest BCUT2D eigenvalue weighted by Crippen LogP contribution is -1.99. The van der Waals surface area contributed by atoms with E-state index in [0.717, 1.165) is 10.9 Å². The summed E-state index contributed by atoms with van der Waals surface area (Å²) in [5, 5.41) is 0.787. The average molecular weight is 174 g/mol. The summed E-state index contributed by atoms with van der Waals surface area (Å²) < 4.78 is 4.93. The van der Waals surface area contributed by atoms with Crippen molar-refractivity contribution in [2.75, 3.05) is 0 Å². The van der Waals surface area contributed by atoms with E-state index >= 15 is 0 Å². The van der Waals surface area contributed by atoms with Crippen LogP contribution in [0.15, 0.2) is 33.5 Å². The minimum Gasteiger partial charge on any atom is -0.421 e. The predicted octanol–water partition coefficient (Wildman–Crippen LogP) is 2.02. The molecule has 3 nitrogen and oxygen atoms in total. The first kappa shape index (κ1) is 7.86. The number of nitrogens with one attached hydrogen (secondary N) is 1. The van der Waals surface area contributed by atoms with Crippen LogP contribution in [0.2, 0.25) is 0 Å². The Morgan fingerprint density at radius 3 is 2.85 bits per heavy atom. The van der Waals surface area contributed by atoms with Crippen LogP contribution in [0.1, 0.15) is 5.56 Å². The molecule has 2 rings (SSSR count). The van der Waals surface area contributed by atoms with E-state index in [1.54, 1.807) is 6.07 Å². The van der Waals surface area contributed by atoms with Crippen molar-refractivity contribution in [1.82, 2.24) is 5.73 Å². The van der Waals surface area contributed by atoms with Crippen LogP contribution < -0.4 is 11.4 Å². The Labute approximate surface area is 74.8 Å². The summed E-state index contributed by atoms with van der Waals surface area (Å²) >= 11 is 0. The molecule has 0 unspecified atom stereocenters. The van der Waals surface area contributed by atoms with E-state index in [4.69, 9.17) is 10.2 Å². The van der Waals surface area contributed by atoms with E-state index < -0.39 is 5.63 Å². The van der Waals surface area contributed by atoms with Crippen LogP contribution >= 0.6 is 0 Å². The standard InChI is InChI=1S/C10H8NO2/c1-6-2-3-7-5-8(11)10(12)13-9(7)4-6/h2-5,11H,1H3. The van der Waals surface area contributed by atoms with Gasteiger partial charge in [-0.2, -0.15) is 0 Å². The first-order chi connectivity index (χ1) is 6.16. The molecule has 0 saturated carbocycles. The van der Waals surface area contributed by atoms with Crippen LogP contribution in [0.4, 0.5) is 5.69 Å². The van der Waals surface area contributed by atoms with Gasteiger partial charge in [-0.15, -0.1) is 0 Å². The summed E-state index contributed by atoms with van der Waals surface area (Å²) in [4.78, 5) is 11.0. The molecule has 3 heteroatoms. The molecule has 0 saturated heterocycles. The maximum atomic E-state index is 11.0. The number of benzene rings is 1. The molecule has 0 aliphatic heterocycles. The molecule has 0 fully saturated rings. The van der Waals surface area contributed by atoms with Gasteiger partial charge in [0.15, 0.2) is 0 Å². The van der Waals surface area contributed by atoms with E-state index in [0.29, 0.717) is 5.58 Å². The molecule has 0 spiro atoms. The molecule has 2 aromatic rings. The van der Waals surface area contributed by atoms with Gasteiger partial charge in [0.25, 0.3) is 0 Å². The smallest absolute Gasteiger partial charge is 0.361 e. The molecule has 0 bridgehead atoms. The van der Waals surface area contributed by atoms with Gasteiger partial charge in [-0.25, -0.2) is 4.79 Å². The lowest BCUT2D eigenvalue weighted by molar-refractivity contribution is 0.562. The normalized spacial score (nSPS) is 10.5. The summed E-state index contributed by atoms with van der Waals surface area (Å²) in [6, 6.07) is 7.06. The molecular weight excluding hydrogens is 166 g/mol. The predicted molar refractivity (Wildman–Crippen MR) is 50.0 cm³/mol. The van der Waals surface area contributed by atoms with E-state index in [1.807, 2.05) is 19.1 Å². The highest BCUT2D eigenvalue weighted by atomic mass is 16.4. The molecule has 1 heterocycles. The number of hydrogen-bond donors (Lipinski definition) is 0. The Hall–Kier alpha value is -1.77. The fraction of sp³-hybridized carbons (Fsp3) is 0.100. The second-order valence-electron chi connectivity index (χ2n) is 2.99. The van der Waals surface area contributed by atoms with Crippen molar-refractivity contribution in [3.63, 3.8) is 0 Å². The Bertz CT molecular complexity index is 514. The van der Waals surface area contributed by atoms with Gasteiger partial charge in [-0.05, 0) is 24.6 Å². The van der Waals surface area contributed by atoms with Crippen LogP contribution in [0.5, 0.6) is 0 Å². The largest absolute Gasteiger partial charge is 0.421 e. The van der Waals surface area contributed by atoms with Crippen molar-refractivity contribution in [3.05, 3.63) is 40.2 Å². The average Bonchev–Trinajstić information content (AvgIpc) is 2.08. The highest BCUT2D eigenvalue weighted by Crippen LogP contribution is 2.15. The number of rotatable bonds is 0. The molecule has 1 N–H and O–H groups in total. The van der Waals surface area contributed by atoms with Gasteiger partial charge in [0.1, 0.15) is 11.3 Å². The van der Waals surface area contributed by atoms with Crippen LogP contribution in [0.25, 0.3) is 11.0 Å². The molecule has 0 atom stereocenters. The van der Waals surface area contributed by atoms with Gasteiger partial charge >= 0.3 is 5.63 Å². The summed E-state index contributed by atoms with van der Waals surface area (Å²) in [7, 11) is 0. The number of fused-ring (bicyclic) bond motifs is 1. The zero-order valence-electron chi connectivity index (χ0n) is 7.13. The fourth-order valence-corrected chi connectivity index (χ4v) is 1.22. The number of hydrogen-bond acceptors (Lipinski definition) is 2. The maximum Gasteiger partial charge on any atom is 0.361 e. The summed E-state index contributed by atoms with van der Waals surface area (Å²) in [6.07, 6.45) is 0. The van der Waals surface area contributed by atoms with Crippen LogP contribution in [-0.2, 0) is 0 Å². The molecule has 13 heavy (non-hydrogen) atoms. The summed E-state index contributed by atoms with van der Waals surface area (Å²) in [6.45, 7) is 1.92.